The first-order valence-corrected chi connectivity index (χ1v) is 9.78. The predicted molar refractivity (Wildman–Crippen MR) is 107 cm³/mol. The lowest BCUT2D eigenvalue weighted by Gasteiger charge is -2.26. The number of imidazole rings is 1. The monoisotopic (exact) mass is 387 g/mol. The second-order valence-electron chi connectivity index (χ2n) is 7.63. The molecule has 0 bridgehead atoms. The maximum atomic E-state index is 12.9. The fourth-order valence-corrected chi connectivity index (χ4v) is 3.60. The van der Waals surface area contributed by atoms with Crippen molar-refractivity contribution in [3.63, 3.8) is 0 Å². The Morgan fingerprint density at radius 1 is 1.32 bits per heavy atom. The van der Waals surface area contributed by atoms with Crippen LogP contribution in [0.5, 0.6) is 0 Å². The highest BCUT2D eigenvalue weighted by atomic mass is 16.5. The number of esters is 1. The van der Waals surface area contributed by atoms with E-state index in [1.165, 1.54) is 7.11 Å². The second kappa shape index (κ2) is 8.60. The highest BCUT2D eigenvalue weighted by Crippen LogP contribution is 2.27. The molecule has 1 amide bonds. The molecule has 2 aromatic rings. The van der Waals surface area contributed by atoms with Crippen LogP contribution in [0, 0.1) is 0 Å². The molecular weight excluding hydrogens is 358 g/mol. The van der Waals surface area contributed by atoms with E-state index in [0.717, 1.165) is 31.4 Å². The lowest BCUT2D eigenvalue weighted by Crippen LogP contribution is -2.40. The number of nitrogens with one attached hydrogen (secondary N) is 2. The van der Waals surface area contributed by atoms with Crippen LogP contribution in [0.3, 0.4) is 0 Å². The average Bonchev–Trinajstić information content (AvgIpc) is 3.06. The molecule has 1 aliphatic carbocycles. The average molecular weight is 387 g/mol. The molecule has 0 aromatic carbocycles. The summed E-state index contributed by atoms with van der Waals surface area (Å²) in [7, 11) is 1.35. The highest BCUT2D eigenvalue weighted by Gasteiger charge is 2.24. The van der Waals surface area contributed by atoms with Gasteiger partial charge in [0.25, 0.3) is 5.91 Å². The van der Waals surface area contributed by atoms with Gasteiger partial charge in [0.2, 0.25) is 0 Å². The Bertz CT molecular complexity index is 853. The van der Waals surface area contributed by atoms with Gasteiger partial charge < -0.3 is 21.1 Å². The number of fused-ring (bicyclic) bond motifs is 1. The van der Waals surface area contributed by atoms with Crippen LogP contribution < -0.4 is 16.4 Å². The molecule has 0 atom stereocenters. The van der Waals surface area contributed by atoms with Gasteiger partial charge in [-0.2, -0.15) is 0 Å². The van der Waals surface area contributed by atoms with E-state index >= 15 is 0 Å². The van der Waals surface area contributed by atoms with Crippen LogP contribution >= 0.6 is 0 Å². The Hall–Kier alpha value is -2.61. The molecular formula is C20H29N5O3. The maximum Gasteiger partial charge on any atom is 0.325 e. The number of hydrogen-bond acceptors (Lipinski definition) is 6. The van der Waals surface area contributed by atoms with E-state index in [2.05, 4.69) is 10.6 Å². The Morgan fingerprint density at radius 3 is 2.68 bits per heavy atom. The minimum Gasteiger partial charge on any atom is -0.468 e. The van der Waals surface area contributed by atoms with E-state index in [0.29, 0.717) is 17.0 Å². The maximum absolute atomic E-state index is 12.9. The van der Waals surface area contributed by atoms with Crippen molar-refractivity contribution in [1.29, 1.82) is 0 Å². The summed E-state index contributed by atoms with van der Waals surface area (Å²) in [5.41, 5.74) is 7.85. The normalized spacial score (nSPS) is 19.6. The van der Waals surface area contributed by atoms with Gasteiger partial charge in [-0.25, -0.2) is 4.98 Å². The number of methoxy groups -OCH3 is 1. The summed E-state index contributed by atoms with van der Waals surface area (Å²) in [6.07, 6.45) is 5.49. The summed E-state index contributed by atoms with van der Waals surface area (Å²) in [5.74, 6) is 0.324. The number of pyridine rings is 1. The summed E-state index contributed by atoms with van der Waals surface area (Å²) in [6.45, 7) is 4.08. The fraction of sp³-hybridized carbons (Fsp3) is 0.550. The highest BCUT2D eigenvalue weighted by molar-refractivity contribution is 6.00. The number of rotatable bonds is 6. The number of anilines is 1. The molecule has 0 unspecified atom stereocenters. The molecule has 1 fully saturated rings. The summed E-state index contributed by atoms with van der Waals surface area (Å²) < 4.78 is 6.53. The third-order valence-corrected chi connectivity index (χ3v) is 5.20. The van der Waals surface area contributed by atoms with Gasteiger partial charge in [0.05, 0.1) is 18.4 Å². The van der Waals surface area contributed by atoms with Crippen molar-refractivity contribution in [2.24, 2.45) is 5.73 Å². The number of aromatic nitrogens is 2. The molecule has 0 saturated heterocycles. The summed E-state index contributed by atoms with van der Waals surface area (Å²) >= 11 is 0. The lowest BCUT2D eigenvalue weighted by molar-refractivity contribution is -0.138. The third kappa shape index (κ3) is 4.27. The van der Waals surface area contributed by atoms with Crippen molar-refractivity contribution in [1.82, 2.24) is 14.7 Å². The van der Waals surface area contributed by atoms with Gasteiger partial charge in [0, 0.05) is 18.3 Å². The Balaban J connectivity index is 1.89. The van der Waals surface area contributed by atoms with Crippen LogP contribution in [0.2, 0.25) is 0 Å². The Kier molecular flexibility index (Phi) is 6.18. The smallest absolute Gasteiger partial charge is 0.325 e. The third-order valence-electron chi connectivity index (χ3n) is 5.20. The largest absolute Gasteiger partial charge is 0.468 e. The van der Waals surface area contributed by atoms with Crippen molar-refractivity contribution < 1.29 is 14.3 Å². The van der Waals surface area contributed by atoms with Gasteiger partial charge in [0.15, 0.2) is 5.65 Å². The number of carbonyl (C=O) groups is 2. The molecule has 8 nitrogen and oxygen atoms in total. The van der Waals surface area contributed by atoms with Crippen molar-refractivity contribution in [2.45, 2.75) is 57.5 Å². The zero-order valence-corrected chi connectivity index (χ0v) is 16.7. The minimum absolute atomic E-state index is 0.0305. The van der Waals surface area contributed by atoms with Crippen molar-refractivity contribution in [3.05, 3.63) is 29.6 Å². The van der Waals surface area contributed by atoms with Crippen molar-refractivity contribution in [3.8, 4) is 0 Å². The van der Waals surface area contributed by atoms with Crippen molar-refractivity contribution >= 4 is 23.3 Å². The lowest BCUT2D eigenvalue weighted by atomic mass is 9.91. The van der Waals surface area contributed by atoms with Crippen LogP contribution in [0.1, 0.15) is 61.5 Å². The van der Waals surface area contributed by atoms with E-state index < -0.39 is 0 Å². The zero-order valence-electron chi connectivity index (χ0n) is 16.7. The molecule has 0 aliphatic heterocycles. The molecule has 2 aromatic heterocycles. The van der Waals surface area contributed by atoms with Gasteiger partial charge >= 0.3 is 5.97 Å². The first-order valence-electron chi connectivity index (χ1n) is 9.78. The molecule has 1 saturated carbocycles. The van der Waals surface area contributed by atoms with Crippen molar-refractivity contribution in [2.75, 3.05) is 19.0 Å². The van der Waals surface area contributed by atoms with Gasteiger partial charge in [-0.15, -0.1) is 0 Å². The van der Waals surface area contributed by atoms with Crippen LogP contribution in [0.25, 0.3) is 5.65 Å². The number of ether oxygens (including phenoxy) is 1. The predicted octanol–water partition coefficient (Wildman–Crippen LogP) is 2.04. The molecule has 4 N–H and O–H groups in total. The molecule has 3 rings (SSSR count). The van der Waals surface area contributed by atoms with Crippen LogP contribution in [-0.2, 0) is 9.53 Å². The number of carbonyl (C=O) groups excluding carboxylic acids is 2. The second-order valence-corrected chi connectivity index (χ2v) is 7.63. The van der Waals surface area contributed by atoms with Gasteiger partial charge in [-0.3, -0.25) is 14.0 Å². The molecule has 152 valence electrons. The summed E-state index contributed by atoms with van der Waals surface area (Å²) in [6, 6.07) is 3.97. The molecule has 0 radical (unpaired) electrons. The number of hydrogen-bond donors (Lipinski definition) is 3. The number of amides is 1. The van der Waals surface area contributed by atoms with E-state index in [-0.39, 0.29) is 36.4 Å². The number of nitrogens with two attached hydrogens (primary N) is 1. The van der Waals surface area contributed by atoms with Gasteiger partial charge in [0.1, 0.15) is 12.4 Å². The zero-order chi connectivity index (χ0) is 20.3. The SMILES string of the molecule is COC(=O)CNc1c(C(C)C)nc2c(C(=O)NC3CCC(N)CC3)cccn12. The van der Waals surface area contributed by atoms with E-state index in [4.69, 9.17) is 15.5 Å². The molecule has 2 heterocycles. The summed E-state index contributed by atoms with van der Waals surface area (Å²) in [5, 5.41) is 6.22. The fourth-order valence-electron chi connectivity index (χ4n) is 3.60. The number of nitrogens with zero attached hydrogens (tertiary/aromatic N) is 2. The Morgan fingerprint density at radius 2 is 2.04 bits per heavy atom. The molecule has 28 heavy (non-hydrogen) atoms. The minimum atomic E-state index is -0.367. The summed E-state index contributed by atoms with van der Waals surface area (Å²) in [4.78, 5) is 29.2. The molecule has 0 spiro atoms. The Labute approximate surface area is 164 Å². The first-order chi connectivity index (χ1) is 13.4. The van der Waals surface area contributed by atoms with Crippen LogP contribution in [-0.4, -0.2) is 47.0 Å². The molecule has 8 heteroatoms. The first kappa shape index (κ1) is 20.1. The topological polar surface area (TPSA) is 111 Å². The van der Waals surface area contributed by atoms with Crippen LogP contribution in [0.15, 0.2) is 18.3 Å². The van der Waals surface area contributed by atoms with Gasteiger partial charge in [-0.1, -0.05) is 13.8 Å². The quantitative estimate of drug-likeness (QED) is 0.654. The van der Waals surface area contributed by atoms with E-state index in [1.54, 1.807) is 6.07 Å². The van der Waals surface area contributed by atoms with Gasteiger partial charge in [-0.05, 0) is 43.7 Å². The van der Waals surface area contributed by atoms with E-state index in [1.807, 2.05) is 30.5 Å². The van der Waals surface area contributed by atoms with E-state index in [9.17, 15) is 9.59 Å². The standard InChI is InChI=1S/C20H29N5O3/c1-12(2)17-19(22-11-16(26)28-3)25-10-4-5-15(18(25)24-17)20(27)23-14-8-6-13(21)7-9-14/h4-5,10,12-14,22H,6-9,11,21H2,1-3H3,(H,23,27). The molecule has 1 aliphatic rings. The van der Waals surface area contributed by atoms with Crippen LogP contribution in [0.4, 0.5) is 5.82 Å².